The van der Waals surface area contributed by atoms with Gasteiger partial charge in [-0.1, -0.05) is 11.6 Å². The van der Waals surface area contributed by atoms with Crippen LogP contribution in [0.5, 0.6) is 0 Å². The van der Waals surface area contributed by atoms with Crippen LogP contribution in [0.25, 0.3) is 0 Å². The minimum atomic E-state index is -0.334. The van der Waals surface area contributed by atoms with E-state index >= 15 is 0 Å². The average molecular weight is 244 g/mol. The molecule has 0 radical (unpaired) electrons. The predicted octanol–water partition coefficient (Wildman–Crippen LogP) is 1.40. The van der Waals surface area contributed by atoms with Crippen molar-refractivity contribution in [3.63, 3.8) is 0 Å². The number of ether oxygens (including phenoxy) is 1. The Balaban J connectivity index is 2.19. The highest BCUT2D eigenvalue weighted by Crippen LogP contribution is 2.25. The molecule has 0 amide bonds. The highest BCUT2D eigenvalue weighted by molar-refractivity contribution is 6.32. The molecule has 0 spiro atoms. The van der Waals surface area contributed by atoms with Crippen molar-refractivity contribution in [2.45, 2.75) is 25.3 Å². The van der Waals surface area contributed by atoms with E-state index in [1.165, 1.54) is 6.33 Å². The van der Waals surface area contributed by atoms with Crippen LogP contribution in [0.2, 0.25) is 5.02 Å². The maximum Gasteiger partial charge on any atom is 0.271 e. The molecule has 6 heteroatoms. The Morgan fingerprint density at radius 1 is 1.69 bits per heavy atom. The van der Waals surface area contributed by atoms with Gasteiger partial charge < -0.3 is 15.0 Å². The first-order valence-electron chi connectivity index (χ1n) is 5.20. The molecule has 1 aromatic rings. The number of aromatic amines is 1. The SMILES string of the molecule is CC1(Nc2nc[nH]c(=O)c2Cl)CCCOC1. The molecule has 5 nitrogen and oxygen atoms in total. The smallest absolute Gasteiger partial charge is 0.271 e. The van der Waals surface area contributed by atoms with E-state index < -0.39 is 0 Å². The van der Waals surface area contributed by atoms with E-state index in [-0.39, 0.29) is 16.1 Å². The summed E-state index contributed by atoms with van der Waals surface area (Å²) in [5.41, 5.74) is -0.539. The van der Waals surface area contributed by atoms with Crippen molar-refractivity contribution in [2.24, 2.45) is 0 Å². The number of rotatable bonds is 2. The zero-order valence-electron chi connectivity index (χ0n) is 9.05. The van der Waals surface area contributed by atoms with Gasteiger partial charge in [0, 0.05) is 6.61 Å². The lowest BCUT2D eigenvalue weighted by atomic mass is 9.95. The fraction of sp³-hybridized carbons (Fsp3) is 0.600. The van der Waals surface area contributed by atoms with Gasteiger partial charge in [-0.3, -0.25) is 4.79 Å². The molecule has 1 saturated heterocycles. The van der Waals surface area contributed by atoms with Crippen LogP contribution in [0, 0.1) is 0 Å². The van der Waals surface area contributed by atoms with Crippen LogP contribution in [-0.2, 0) is 4.74 Å². The van der Waals surface area contributed by atoms with Gasteiger partial charge in [-0.15, -0.1) is 0 Å². The monoisotopic (exact) mass is 243 g/mol. The molecule has 88 valence electrons. The summed E-state index contributed by atoms with van der Waals surface area (Å²) in [6.45, 7) is 3.41. The molecule has 0 aromatic carbocycles. The minimum absolute atomic E-state index is 0.0919. The van der Waals surface area contributed by atoms with Gasteiger partial charge in [-0.05, 0) is 19.8 Å². The molecule has 2 N–H and O–H groups in total. The fourth-order valence-electron chi connectivity index (χ4n) is 1.79. The van der Waals surface area contributed by atoms with Crippen molar-refractivity contribution >= 4 is 17.4 Å². The Hall–Kier alpha value is -1.07. The first kappa shape index (κ1) is 11.4. The molecule has 1 aromatic heterocycles. The van der Waals surface area contributed by atoms with Crippen molar-refractivity contribution in [3.8, 4) is 0 Å². The van der Waals surface area contributed by atoms with E-state index in [4.69, 9.17) is 16.3 Å². The minimum Gasteiger partial charge on any atom is -0.379 e. The Bertz CT molecular complexity index is 426. The van der Waals surface area contributed by atoms with Gasteiger partial charge in [-0.2, -0.15) is 0 Å². The van der Waals surface area contributed by atoms with Gasteiger partial charge in [0.15, 0.2) is 5.82 Å². The Kier molecular flexibility index (Phi) is 3.16. The molecule has 16 heavy (non-hydrogen) atoms. The van der Waals surface area contributed by atoms with Crippen molar-refractivity contribution in [2.75, 3.05) is 18.5 Å². The summed E-state index contributed by atoms with van der Waals surface area (Å²) >= 11 is 5.86. The van der Waals surface area contributed by atoms with Crippen LogP contribution < -0.4 is 10.9 Å². The maximum absolute atomic E-state index is 11.3. The highest BCUT2D eigenvalue weighted by Gasteiger charge is 2.28. The van der Waals surface area contributed by atoms with Gasteiger partial charge in [0.05, 0.1) is 18.5 Å². The number of aromatic nitrogens is 2. The second kappa shape index (κ2) is 4.43. The lowest BCUT2D eigenvalue weighted by Crippen LogP contribution is -2.43. The molecule has 2 rings (SSSR count). The topological polar surface area (TPSA) is 67.0 Å². The first-order valence-corrected chi connectivity index (χ1v) is 5.58. The summed E-state index contributed by atoms with van der Waals surface area (Å²) in [4.78, 5) is 17.7. The lowest BCUT2D eigenvalue weighted by molar-refractivity contribution is 0.0539. The van der Waals surface area contributed by atoms with E-state index in [0.29, 0.717) is 12.4 Å². The third-order valence-corrected chi connectivity index (χ3v) is 3.01. The van der Waals surface area contributed by atoms with E-state index in [0.717, 1.165) is 19.4 Å². The van der Waals surface area contributed by atoms with Gasteiger partial charge in [-0.25, -0.2) is 4.98 Å². The highest BCUT2D eigenvalue weighted by atomic mass is 35.5. The second-order valence-electron chi connectivity index (χ2n) is 4.24. The van der Waals surface area contributed by atoms with Crippen molar-refractivity contribution < 1.29 is 4.74 Å². The van der Waals surface area contributed by atoms with Crippen LogP contribution in [0.1, 0.15) is 19.8 Å². The number of H-pyrrole nitrogens is 1. The third-order valence-electron chi connectivity index (χ3n) is 2.65. The Morgan fingerprint density at radius 2 is 2.50 bits per heavy atom. The Labute approximate surface area is 98.2 Å². The molecule has 1 unspecified atom stereocenters. The predicted molar refractivity (Wildman–Crippen MR) is 61.9 cm³/mol. The van der Waals surface area contributed by atoms with Gasteiger partial charge in [0.1, 0.15) is 5.02 Å². The lowest BCUT2D eigenvalue weighted by Gasteiger charge is -2.34. The normalized spacial score (nSPS) is 25.4. The van der Waals surface area contributed by atoms with Crippen LogP contribution in [0.15, 0.2) is 11.1 Å². The number of halogens is 1. The number of nitrogens with zero attached hydrogens (tertiary/aromatic N) is 1. The molecule has 2 heterocycles. The molecular formula is C10H14ClN3O2. The van der Waals surface area contributed by atoms with Gasteiger partial charge in [0.25, 0.3) is 5.56 Å². The van der Waals surface area contributed by atoms with Crippen LogP contribution >= 0.6 is 11.6 Å². The summed E-state index contributed by atoms with van der Waals surface area (Å²) in [7, 11) is 0. The quantitative estimate of drug-likeness (QED) is 0.824. The summed E-state index contributed by atoms with van der Waals surface area (Å²) in [6, 6.07) is 0. The maximum atomic E-state index is 11.3. The average Bonchev–Trinajstić information content (AvgIpc) is 2.26. The van der Waals surface area contributed by atoms with E-state index in [1.807, 2.05) is 6.92 Å². The summed E-state index contributed by atoms with van der Waals surface area (Å²) in [5.74, 6) is 0.415. The molecule has 1 fully saturated rings. The van der Waals surface area contributed by atoms with E-state index in [2.05, 4.69) is 15.3 Å². The van der Waals surface area contributed by atoms with Crippen molar-refractivity contribution in [3.05, 3.63) is 21.7 Å². The molecular weight excluding hydrogens is 230 g/mol. The first-order chi connectivity index (χ1) is 7.61. The van der Waals surface area contributed by atoms with Crippen molar-refractivity contribution in [1.29, 1.82) is 0 Å². The van der Waals surface area contributed by atoms with E-state index in [9.17, 15) is 4.79 Å². The summed E-state index contributed by atoms with van der Waals surface area (Å²) < 4.78 is 5.41. The number of hydrogen-bond acceptors (Lipinski definition) is 4. The fourth-order valence-corrected chi connectivity index (χ4v) is 1.94. The largest absolute Gasteiger partial charge is 0.379 e. The molecule has 0 saturated carbocycles. The zero-order chi connectivity index (χ0) is 11.6. The van der Waals surface area contributed by atoms with Crippen molar-refractivity contribution in [1.82, 2.24) is 9.97 Å². The number of anilines is 1. The Morgan fingerprint density at radius 3 is 3.19 bits per heavy atom. The zero-order valence-corrected chi connectivity index (χ0v) is 9.80. The van der Waals surface area contributed by atoms with Gasteiger partial charge >= 0.3 is 0 Å². The van der Waals surface area contributed by atoms with Crippen LogP contribution in [0.3, 0.4) is 0 Å². The second-order valence-corrected chi connectivity index (χ2v) is 4.61. The molecule has 0 bridgehead atoms. The van der Waals surface area contributed by atoms with E-state index in [1.54, 1.807) is 0 Å². The van der Waals surface area contributed by atoms with Crippen LogP contribution in [-0.4, -0.2) is 28.7 Å². The molecule has 1 aliphatic rings. The molecule has 1 atom stereocenters. The van der Waals surface area contributed by atoms with Gasteiger partial charge in [0.2, 0.25) is 0 Å². The number of hydrogen-bond donors (Lipinski definition) is 2. The molecule has 1 aliphatic heterocycles. The molecule has 0 aliphatic carbocycles. The van der Waals surface area contributed by atoms with Crippen LogP contribution in [0.4, 0.5) is 5.82 Å². The number of nitrogens with one attached hydrogen (secondary N) is 2. The summed E-state index contributed by atoms with van der Waals surface area (Å²) in [6.07, 6.45) is 3.30. The standard InChI is InChI=1S/C10H14ClN3O2/c1-10(3-2-4-16-5-10)14-8-7(11)9(15)13-6-12-8/h6H,2-5H2,1H3,(H2,12,13,14,15). The summed E-state index contributed by atoms with van der Waals surface area (Å²) in [5, 5.41) is 3.27. The third kappa shape index (κ3) is 2.36.